The number of hydrogen-bond acceptors (Lipinski definition) is 4. The van der Waals surface area contributed by atoms with Crippen LogP contribution in [0.15, 0.2) is 48.5 Å². The third-order valence-electron chi connectivity index (χ3n) is 4.08. The molecular weight excluding hydrogens is 346 g/mol. The average Bonchev–Trinajstić information content (AvgIpc) is 2.65. The molecule has 27 heavy (non-hydrogen) atoms. The Morgan fingerprint density at radius 1 is 1.07 bits per heavy atom. The third kappa shape index (κ3) is 5.85. The Hall–Kier alpha value is -3.35. The van der Waals surface area contributed by atoms with E-state index in [9.17, 15) is 14.4 Å². The van der Waals surface area contributed by atoms with Crippen LogP contribution in [0.4, 0.5) is 16.2 Å². The molecule has 2 aromatic rings. The molecule has 0 heterocycles. The van der Waals surface area contributed by atoms with Crippen molar-refractivity contribution in [3.63, 3.8) is 0 Å². The van der Waals surface area contributed by atoms with Crippen LogP contribution < -0.4 is 16.4 Å². The molecule has 0 unspecified atom stereocenters. The molecular formula is C20H23N3O4. The van der Waals surface area contributed by atoms with Gasteiger partial charge in [0.25, 0.3) is 5.91 Å². The van der Waals surface area contributed by atoms with Gasteiger partial charge in [-0.2, -0.15) is 0 Å². The number of nitrogens with one attached hydrogen (secondary N) is 2. The van der Waals surface area contributed by atoms with Gasteiger partial charge in [-0.15, -0.1) is 0 Å². The van der Waals surface area contributed by atoms with E-state index in [2.05, 4.69) is 24.5 Å². The predicted molar refractivity (Wildman–Crippen MR) is 104 cm³/mol. The minimum Gasteiger partial charge on any atom is -0.452 e. The van der Waals surface area contributed by atoms with Gasteiger partial charge < -0.3 is 21.1 Å². The van der Waals surface area contributed by atoms with Gasteiger partial charge in [0.15, 0.2) is 6.61 Å². The largest absolute Gasteiger partial charge is 0.452 e. The number of amides is 3. The minimum absolute atomic E-state index is 0.203. The lowest BCUT2D eigenvalue weighted by Gasteiger charge is -2.15. The topological polar surface area (TPSA) is 111 Å². The number of benzene rings is 2. The molecule has 0 radical (unpaired) electrons. The Balaban J connectivity index is 1.96. The van der Waals surface area contributed by atoms with Crippen molar-refractivity contribution in [1.82, 2.24) is 0 Å². The lowest BCUT2D eigenvalue weighted by Crippen LogP contribution is -2.22. The second-order valence-corrected chi connectivity index (χ2v) is 6.09. The number of esters is 1. The Morgan fingerprint density at radius 2 is 1.81 bits per heavy atom. The Labute approximate surface area is 157 Å². The molecule has 7 heteroatoms. The molecule has 0 saturated heterocycles. The smallest absolute Gasteiger partial charge is 0.338 e. The molecule has 0 saturated carbocycles. The number of ether oxygens (including phenoxy) is 1. The monoisotopic (exact) mass is 369 g/mol. The van der Waals surface area contributed by atoms with E-state index in [1.54, 1.807) is 12.1 Å². The van der Waals surface area contributed by atoms with Gasteiger partial charge in [-0.25, -0.2) is 9.59 Å². The molecule has 0 aromatic heterocycles. The quantitative estimate of drug-likeness (QED) is 0.649. The number of anilines is 2. The summed E-state index contributed by atoms with van der Waals surface area (Å²) in [6.45, 7) is 3.74. The second kappa shape index (κ2) is 9.38. The first-order valence-electron chi connectivity index (χ1n) is 8.63. The van der Waals surface area contributed by atoms with Crippen LogP contribution in [-0.4, -0.2) is 24.5 Å². The van der Waals surface area contributed by atoms with Crippen molar-refractivity contribution in [2.75, 3.05) is 17.2 Å². The summed E-state index contributed by atoms with van der Waals surface area (Å²) in [5, 5.41) is 5.15. The zero-order valence-electron chi connectivity index (χ0n) is 15.3. The normalized spacial score (nSPS) is 11.3. The van der Waals surface area contributed by atoms with E-state index < -0.39 is 24.5 Å². The van der Waals surface area contributed by atoms with Crippen LogP contribution in [0.2, 0.25) is 0 Å². The molecule has 4 N–H and O–H groups in total. The molecule has 2 rings (SSSR count). The summed E-state index contributed by atoms with van der Waals surface area (Å²) in [5.74, 6) is -0.802. The minimum atomic E-state index is -0.736. The molecule has 1 atom stereocenters. The van der Waals surface area contributed by atoms with Gasteiger partial charge in [0.2, 0.25) is 0 Å². The summed E-state index contributed by atoms with van der Waals surface area (Å²) in [6.07, 6.45) is 0.942. The van der Waals surface area contributed by atoms with Crippen LogP contribution in [0.3, 0.4) is 0 Å². The number of carbonyl (C=O) groups excluding carboxylic acids is 3. The maximum atomic E-state index is 12.2. The summed E-state index contributed by atoms with van der Waals surface area (Å²) in [7, 11) is 0. The maximum absolute atomic E-state index is 12.2. The van der Waals surface area contributed by atoms with Gasteiger partial charge >= 0.3 is 12.0 Å². The van der Waals surface area contributed by atoms with Crippen LogP contribution in [0.25, 0.3) is 0 Å². The molecule has 0 spiro atoms. The standard InChI is InChI=1S/C20H23N3O4/c1-3-13(2)16-9-4-5-10-17(16)23-18(24)12-27-19(25)14-7-6-8-15(11-14)22-20(21)26/h4-11,13H,3,12H2,1-2H3,(H,23,24)(H3,21,22,26)/t13-/m1/s1. The highest BCUT2D eigenvalue weighted by Gasteiger charge is 2.14. The zero-order chi connectivity index (χ0) is 19.8. The van der Waals surface area contributed by atoms with Crippen molar-refractivity contribution in [3.8, 4) is 0 Å². The Kier molecular flexibility index (Phi) is 6.93. The summed E-state index contributed by atoms with van der Waals surface area (Å²) >= 11 is 0. The summed E-state index contributed by atoms with van der Waals surface area (Å²) in [4.78, 5) is 35.2. The van der Waals surface area contributed by atoms with Crippen LogP contribution in [0.5, 0.6) is 0 Å². The number of urea groups is 1. The number of rotatable bonds is 7. The number of carbonyl (C=O) groups is 3. The fraction of sp³-hybridized carbons (Fsp3) is 0.250. The van der Waals surface area contributed by atoms with Crippen molar-refractivity contribution in [3.05, 3.63) is 59.7 Å². The van der Waals surface area contributed by atoms with Gasteiger partial charge in [0, 0.05) is 11.4 Å². The first-order valence-corrected chi connectivity index (χ1v) is 8.63. The first-order chi connectivity index (χ1) is 12.9. The Bertz CT molecular complexity index is 835. The van der Waals surface area contributed by atoms with E-state index in [0.29, 0.717) is 17.3 Å². The van der Waals surface area contributed by atoms with E-state index in [1.165, 1.54) is 12.1 Å². The molecule has 0 fully saturated rings. The summed E-state index contributed by atoms with van der Waals surface area (Å²) < 4.78 is 5.05. The van der Waals surface area contributed by atoms with Crippen molar-refractivity contribution < 1.29 is 19.1 Å². The fourth-order valence-electron chi connectivity index (χ4n) is 2.53. The van der Waals surface area contributed by atoms with Crippen molar-refractivity contribution in [2.24, 2.45) is 5.73 Å². The fourth-order valence-corrected chi connectivity index (χ4v) is 2.53. The van der Waals surface area contributed by atoms with Gasteiger partial charge in [0.05, 0.1) is 5.56 Å². The molecule has 3 amide bonds. The van der Waals surface area contributed by atoms with Gasteiger partial charge in [0.1, 0.15) is 0 Å². The van der Waals surface area contributed by atoms with Gasteiger partial charge in [-0.05, 0) is 42.2 Å². The van der Waals surface area contributed by atoms with Crippen molar-refractivity contribution >= 4 is 29.3 Å². The van der Waals surface area contributed by atoms with Crippen molar-refractivity contribution in [2.45, 2.75) is 26.2 Å². The van der Waals surface area contributed by atoms with Crippen LogP contribution in [0.1, 0.15) is 42.1 Å². The lowest BCUT2D eigenvalue weighted by molar-refractivity contribution is -0.119. The highest BCUT2D eigenvalue weighted by molar-refractivity contribution is 5.97. The summed E-state index contributed by atoms with van der Waals surface area (Å²) in [5.41, 5.74) is 7.36. The maximum Gasteiger partial charge on any atom is 0.338 e. The number of primary amides is 1. The van der Waals surface area contributed by atoms with E-state index in [0.717, 1.165) is 12.0 Å². The molecule has 0 aliphatic rings. The highest BCUT2D eigenvalue weighted by Crippen LogP contribution is 2.26. The van der Waals surface area contributed by atoms with Gasteiger partial charge in [-0.1, -0.05) is 38.1 Å². The van der Waals surface area contributed by atoms with E-state index >= 15 is 0 Å². The molecule has 0 aliphatic heterocycles. The molecule has 0 aliphatic carbocycles. The van der Waals surface area contributed by atoms with Crippen LogP contribution >= 0.6 is 0 Å². The van der Waals surface area contributed by atoms with E-state index in [4.69, 9.17) is 10.5 Å². The first kappa shape index (κ1) is 20.0. The SMILES string of the molecule is CC[C@@H](C)c1ccccc1NC(=O)COC(=O)c1cccc(NC(N)=O)c1. The average molecular weight is 369 g/mol. The molecule has 142 valence electrons. The third-order valence-corrected chi connectivity index (χ3v) is 4.08. The van der Waals surface area contributed by atoms with Crippen LogP contribution in [0, 0.1) is 0 Å². The van der Waals surface area contributed by atoms with Crippen molar-refractivity contribution in [1.29, 1.82) is 0 Å². The van der Waals surface area contributed by atoms with E-state index in [1.807, 2.05) is 24.3 Å². The number of nitrogens with two attached hydrogens (primary N) is 1. The van der Waals surface area contributed by atoms with Crippen LogP contribution in [-0.2, 0) is 9.53 Å². The second-order valence-electron chi connectivity index (χ2n) is 6.09. The molecule has 0 bridgehead atoms. The van der Waals surface area contributed by atoms with E-state index in [-0.39, 0.29) is 5.56 Å². The number of para-hydroxylation sites is 1. The zero-order valence-corrected chi connectivity index (χ0v) is 15.3. The van der Waals surface area contributed by atoms with Gasteiger partial charge in [-0.3, -0.25) is 4.79 Å². The Morgan fingerprint density at radius 3 is 2.52 bits per heavy atom. The lowest BCUT2D eigenvalue weighted by atomic mass is 9.97. The number of hydrogen-bond donors (Lipinski definition) is 3. The highest BCUT2D eigenvalue weighted by atomic mass is 16.5. The molecule has 7 nitrogen and oxygen atoms in total. The predicted octanol–water partition coefficient (Wildman–Crippen LogP) is 3.49. The molecule has 2 aromatic carbocycles. The summed E-state index contributed by atoms with van der Waals surface area (Å²) in [6, 6.07) is 12.9.